The van der Waals surface area contributed by atoms with Gasteiger partial charge in [0.25, 0.3) is 5.56 Å². The Labute approximate surface area is 153 Å². The fourth-order valence-corrected chi connectivity index (χ4v) is 4.58. The van der Waals surface area contributed by atoms with Crippen molar-refractivity contribution >= 4 is 11.2 Å². The highest BCUT2D eigenvalue weighted by molar-refractivity contribution is 5.73. The molecule has 3 heterocycles. The summed E-state index contributed by atoms with van der Waals surface area (Å²) in [5, 5.41) is 0. The molecule has 2 N–H and O–H groups in total. The van der Waals surface area contributed by atoms with Crippen LogP contribution in [0.4, 0.5) is 10.1 Å². The maximum absolute atomic E-state index is 15.0. The van der Waals surface area contributed by atoms with Gasteiger partial charge in [-0.15, -0.1) is 0 Å². The fourth-order valence-electron chi connectivity index (χ4n) is 4.58. The second kappa shape index (κ2) is 6.69. The highest BCUT2D eigenvalue weighted by atomic mass is 19.1. The minimum Gasteiger partial charge on any atom is -0.368 e. The van der Waals surface area contributed by atoms with Crippen LogP contribution in [0, 0.1) is 18.7 Å². The second-order valence-corrected chi connectivity index (χ2v) is 8.02. The van der Waals surface area contributed by atoms with E-state index in [0.717, 1.165) is 56.3 Å². The van der Waals surface area contributed by atoms with Crippen LogP contribution in [0.5, 0.6) is 0 Å². The molecular weight excluding hydrogens is 329 g/mol. The number of hydrogen-bond acceptors (Lipinski definition) is 3. The number of hydrogen-bond donors (Lipinski definition) is 1. The van der Waals surface area contributed by atoms with Crippen molar-refractivity contribution < 1.29 is 4.39 Å². The lowest BCUT2D eigenvalue weighted by Crippen LogP contribution is -2.33. The molecule has 2 aromatic heterocycles. The van der Waals surface area contributed by atoms with Crippen molar-refractivity contribution in [1.29, 1.82) is 0 Å². The van der Waals surface area contributed by atoms with Crippen LogP contribution in [-0.2, 0) is 0 Å². The predicted molar refractivity (Wildman–Crippen MR) is 104 cm³/mol. The van der Waals surface area contributed by atoms with E-state index in [1.807, 2.05) is 13.0 Å². The third kappa shape index (κ3) is 2.92. The first-order chi connectivity index (χ1) is 12.5. The molecule has 0 aromatic carbocycles. The van der Waals surface area contributed by atoms with E-state index in [0.29, 0.717) is 17.5 Å². The summed E-state index contributed by atoms with van der Waals surface area (Å²) in [6.45, 7) is 5.73. The van der Waals surface area contributed by atoms with Crippen molar-refractivity contribution in [3.05, 3.63) is 45.6 Å². The van der Waals surface area contributed by atoms with Crippen LogP contribution in [0.25, 0.3) is 5.52 Å². The zero-order valence-corrected chi connectivity index (χ0v) is 15.7. The molecule has 5 heteroatoms. The first kappa shape index (κ1) is 17.5. The van der Waals surface area contributed by atoms with Crippen LogP contribution in [0.1, 0.15) is 56.1 Å². The summed E-state index contributed by atoms with van der Waals surface area (Å²) in [6.07, 6.45) is 6.77. The van der Waals surface area contributed by atoms with Gasteiger partial charge in [-0.3, -0.25) is 9.20 Å². The van der Waals surface area contributed by atoms with E-state index < -0.39 is 0 Å². The molecule has 2 unspecified atom stereocenters. The Balaban J connectivity index is 1.77. The number of halogens is 1. The molecule has 2 fully saturated rings. The van der Waals surface area contributed by atoms with Gasteiger partial charge < -0.3 is 10.6 Å². The third-order valence-corrected chi connectivity index (χ3v) is 6.12. The van der Waals surface area contributed by atoms with Gasteiger partial charge in [0.1, 0.15) is 0 Å². The van der Waals surface area contributed by atoms with Crippen molar-refractivity contribution in [3.8, 4) is 0 Å². The number of rotatable bonds is 5. The molecule has 0 bridgehead atoms. The van der Waals surface area contributed by atoms with Gasteiger partial charge in [-0.25, -0.2) is 4.39 Å². The number of nitrogens with zero attached hydrogens (tertiary/aromatic N) is 2. The molecule has 0 radical (unpaired) electrons. The number of aryl methyl sites for hydroxylation is 1. The highest BCUT2D eigenvalue weighted by Crippen LogP contribution is 2.43. The summed E-state index contributed by atoms with van der Waals surface area (Å²) in [6, 6.07) is 3.68. The first-order valence-corrected chi connectivity index (χ1v) is 9.86. The van der Waals surface area contributed by atoms with Crippen LogP contribution >= 0.6 is 0 Å². The first-order valence-electron chi connectivity index (χ1n) is 9.86. The normalized spacial score (nSPS) is 21.5. The summed E-state index contributed by atoms with van der Waals surface area (Å²) in [5.41, 5.74) is 9.78. The standard InChI is InChI=1S/C21H28FN3O/c1-3-4-18(23)15-9-10-24(11-15)21-13(2)20-16(14-5-6-14)7-8-19(26)25(20)12-17(21)22/h7-8,12,14-15,18H,3-6,9-11,23H2,1-2H3. The summed E-state index contributed by atoms with van der Waals surface area (Å²) in [7, 11) is 0. The molecule has 1 saturated heterocycles. The van der Waals surface area contributed by atoms with Crippen LogP contribution < -0.4 is 16.2 Å². The molecule has 140 valence electrons. The lowest BCUT2D eigenvalue weighted by molar-refractivity contribution is 0.430. The number of nitrogens with two attached hydrogens (primary N) is 1. The SMILES string of the molecule is CCCC(N)C1CCN(c2c(F)cn3c(=O)ccc(C4CC4)c3c2C)C1. The molecule has 2 aromatic rings. The quantitative estimate of drug-likeness (QED) is 0.890. The highest BCUT2D eigenvalue weighted by Gasteiger charge is 2.32. The lowest BCUT2D eigenvalue weighted by Gasteiger charge is -2.25. The molecule has 0 amide bonds. The van der Waals surface area contributed by atoms with Gasteiger partial charge in [-0.1, -0.05) is 19.4 Å². The number of anilines is 1. The minimum atomic E-state index is -0.310. The number of pyridine rings is 2. The summed E-state index contributed by atoms with van der Waals surface area (Å²) in [5.74, 6) is 0.604. The fraction of sp³-hybridized carbons (Fsp3) is 0.571. The Kier molecular flexibility index (Phi) is 4.51. The van der Waals surface area contributed by atoms with Crippen molar-refractivity contribution in [3.63, 3.8) is 0 Å². The summed E-state index contributed by atoms with van der Waals surface area (Å²) in [4.78, 5) is 14.4. The van der Waals surface area contributed by atoms with E-state index in [-0.39, 0.29) is 17.4 Å². The lowest BCUT2D eigenvalue weighted by atomic mass is 9.96. The van der Waals surface area contributed by atoms with Gasteiger partial charge in [-0.05, 0) is 55.6 Å². The van der Waals surface area contributed by atoms with Crippen LogP contribution in [0.3, 0.4) is 0 Å². The topological polar surface area (TPSA) is 50.7 Å². The van der Waals surface area contributed by atoms with Crippen LogP contribution in [0.2, 0.25) is 0 Å². The van der Waals surface area contributed by atoms with Gasteiger partial charge in [-0.2, -0.15) is 0 Å². The maximum Gasteiger partial charge on any atom is 0.255 e. The van der Waals surface area contributed by atoms with E-state index in [9.17, 15) is 4.79 Å². The Bertz CT molecular complexity index is 887. The molecule has 4 nitrogen and oxygen atoms in total. The van der Waals surface area contributed by atoms with Crippen molar-refractivity contribution in [2.75, 3.05) is 18.0 Å². The molecule has 0 spiro atoms. The van der Waals surface area contributed by atoms with Gasteiger partial charge in [0.2, 0.25) is 0 Å². The van der Waals surface area contributed by atoms with Gasteiger partial charge in [0.15, 0.2) is 5.82 Å². The largest absolute Gasteiger partial charge is 0.368 e. The molecule has 26 heavy (non-hydrogen) atoms. The zero-order chi connectivity index (χ0) is 18.4. The molecule has 1 aliphatic heterocycles. The number of fused-ring (bicyclic) bond motifs is 1. The molecule has 1 aliphatic carbocycles. The average molecular weight is 357 g/mol. The van der Waals surface area contributed by atoms with Gasteiger partial charge in [0, 0.05) is 25.2 Å². The molecule has 1 saturated carbocycles. The zero-order valence-electron chi connectivity index (χ0n) is 15.7. The molecule has 2 aliphatic rings. The van der Waals surface area contributed by atoms with Gasteiger partial charge >= 0.3 is 0 Å². The number of aromatic nitrogens is 1. The van der Waals surface area contributed by atoms with Crippen molar-refractivity contribution in [2.45, 2.75) is 57.9 Å². The Morgan fingerprint density at radius 3 is 2.77 bits per heavy atom. The molecule has 4 rings (SSSR count). The molecular formula is C21H28FN3O. The van der Waals surface area contributed by atoms with E-state index in [1.54, 1.807) is 6.07 Å². The Morgan fingerprint density at radius 1 is 1.31 bits per heavy atom. The van der Waals surface area contributed by atoms with Crippen LogP contribution in [-0.4, -0.2) is 23.5 Å². The summed E-state index contributed by atoms with van der Waals surface area (Å²) >= 11 is 0. The minimum absolute atomic E-state index is 0.165. The predicted octanol–water partition coefficient (Wildman–Crippen LogP) is 3.58. The summed E-state index contributed by atoms with van der Waals surface area (Å²) < 4.78 is 16.5. The van der Waals surface area contributed by atoms with Crippen molar-refractivity contribution in [2.24, 2.45) is 11.7 Å². The smallest absolute Gasteiger partial charge is 0.255 e. The van der Waals surface area contributed by atoms with E-state index in [1.165, 1.54) is 16.2 Å². The Hall–Kier alpha value is -1.88. The van der Waals surface area contributed by atoms with E-state index in [2.05, 4.69) is 11.8 Å². The maximum atomic E-state index is 15.0. The monoisotopic (exact) mass is 357 g/mol. The van der Waals surface area contributed by atoms with E-state index >= 15 is 4.39 Å². The second-order valence-electron chi connectivity index (χ2n) is 8.02. The van der Waals surface area contributed by atoms with E-state index in [4.69, 9.17) is 5.73 Å². The van der Waals surface area contributed by atoms with Gasteiger partial charge in [0.05, 0.1) is 17.4 Å². The van der Waals surface area contributed by atoms with Crippen molar-refractivity contribution in [1.82, 2.24) is 4.40 Å². The molecule has 2 atom stereocenters. The van der Waals surface area contributed by atoms with Crippen LogP contribution in [0.15, 0.2) is 23.1 Å². The average Bonchev–Trinajstić information content (AvgIpc) is 3.33. The third-order valence-electron chi connectivity index (χ3n) is 6.12. The Morgan fingerprint density at radius 2 is 2.08 bits per heavy atom.